The van der Waals surface area contributed by atoms with E-state index in [2.05, 4.69) is 5.32 Å². The van der Waals surface area contributed by atoms with E-state index >= 15 is 0 Å². The van der Waals surface area contributed by atoms with Crippen molar-refractivity contribution in [2.24, 2.45) is 0 Å². The minimum atomic E-state index is -1.02. The molecule has 0 bridgehead atoms. The molecular formula is C14H14N2O4S. The third kappa shape index (κ3) is 3.38. The van der Waals surface area contributed by atoms with Crippen LogP contribution in [0.15, 0.2) is 28.4 Å². The number of hydrogen-bond donors (Lipinski definition) is 2. The van der Waals surface area contributed by atoms with E-state index in [1.54, 1.807) is 25.3 Å². The van der Waals surface area contributed by atoms with Gasteiger partial charge in [-0.1, -0.05) is 11.3 Å². The van der Waals surface area contributed by atoms with Crippen LogP contribution in [0.5, 0.6) is 0 Å². The fourth-order valence-corrected chi connectivity index (χ4v) is 2.60. The van der Waals surface area contributed by atoms with Crippen molar-refractivity contribution in [3.05, 3.63) is 50.1 Å². The smallest absolute Gasteiger partial charge is 0.335 e. The van der Waals surface area contributed by atoms with Gasteiger partial charge in [0.2, 0.25) is 5.91 Å². The summed E-state index contributed by atoms with van der Waals surface area (Å²) in [7, 11) is 0. The van der Waals surface area contributed by atoms with E-state index in [4.69, 9.17) is 5.11 Å². The van der Waals surface area contributed by atoms with Crippen LogP contribution in [-0.4, -0.2) is 21.6 Å². The molecule has 0 saturated heterocycles. The second-order valence-electron chi connectivity index (χ2n) is 4.61. The molecule has 0 unspecified atom stereocenters. The minimum Gasteiger partial charge on any atom is -0.478 e. The van der Waals surface area contributed by atoms with Gasteiger partial charge in [-0.25, -0.2) is 4.79 Å². The summed E-state index contributed by atoms with van der Waals surface area (Å²) >= 11 is 1.05. The number of carbonyl (C=O) groups is 2. The Kier molecular flexibility index (Phi) is 4.23. The van der Waals surface area contributed by atoms with Crippen molar-refractivity contribution in [1.29, 1.82) is 0 Å². The molecule has 110 valence electrons. The van der Waals surface area contributed by atoms with Gasteiger partial charge in [-0.15, -0.1) is 0 Å². The van der Waals surface area contributed by atoms with Gasteiger partial charge < -0.3 is 10.4 Å². The number of carboxylic acid groups (broad SMARTS) is 1. The summed E-state index contributed by atoms with van der Waals surface area (Å²) in [6, 6.07) is 4.45. The summed E-state index contributed by atoms with van der Waals surface area (Å²) in [6.07, 6.45) is 0. The van der Waals surface area contributed by atoms with Crippen molar-refractivity contribution < 1.29 is 14.7 Å². The Morgan fingerprint density at radius 2 is 2.05 bits per heavy atom. The number of aryl methyl sites for hydroxylation is 2. The molecule has 1 amide bonds. The Balaban J connectivity index is 2.13. The molecule has 1 heterocycles. The van der Waals surface area contributed by atoms with Crippen molar-refractivity contribution in [2.45, 2.75) is 20.4 Å². The van der Waals surface area contributed by atoms with Gasteiger partial charge in [-0.3, -0.25) is 14.2 Å². The van der Waals surface area contributed by atoms with Crippen molar-refractivity contribution >= 4 is 28.9 Å². The lowest BCUT2D eigenvalue weighted by Crippen LogP contribution is -2.25. The standard InChI is InChI=1S/C14H14N2O4S/c1-8-5-10(13(18)19)3-4-11(8)15-12(17)6-16-9(2)7-21-14(16)20/h3-5,7H,6H2,1-2H3,(H,15,17)(H,18,19). The van der Waals surface area contributed by atoms with Crippen LogP contribution in [0.4, 0.5) is 5.69 Å². The molecule has 0 atom stereocenters. The predicted octanol–water partition coefficient (Wildman–Crippen LogP) is 1.86. The lowest BCUT2D eigenvalue weighted by Gasteiger charge is -2.10. The topological polar surface area (TPSA) is 88.4 Å². The number of benzene rings is 1. The van der Waals surface area contributed by atoms with E-state index in [0.717, 1.165) is 17.0 Å². The molecule has 2 N–H and O–H groups in total. The molecule has 0 fully saturated rings. The molecule has 7 heteroatoms. The summed E-state index contributed by atoms with van der Waals surface area (Å²) in [5.41, 5.74) is 2.08. The van der Waals surface area contributed by atoms with Crippen molar-refractivity contribution in [1.82, 2.24) is 4.57 Å². The number of thiazole rings is 1. The van der Waals surface area contributed by atoms with Crippen LogP contribution in [0.25, 0.3) is 0 Å². The molecular weight excluding hydrogens is 292 g/mol. The van der Waals surface area contributed by atoms with Crippen LogP contribution in [0.2, 0.25) is 0 Å². The first-order chi connectivity index (χ1) is 9.88. The Morgan fingerprint density at radius 3 is 2.57 bits per heavy atom. The van der Waals surface area contributed by atoms with Gasteiger partial charge in [-0.05, 0) is 37.6 Å². The fraction of sp³-hybridized carbons (Fsp3) is 0.214. The van der Waals surface area contributed by atoms with Gasteiger partial charge >= 0.3 is 10.8 Å². The molecule has 1 aromatic heterocycles. The predicted molar refractivity (Wildman–Crippen MR) is 80.1 cm³/mol. The SMILES string of the molecule is Cc1cc(C(=O)O)ccc1NC(=O)Cn1c(C)csc1=O. The minimum absolute atomic E-state index is 0.0612. The highest BCUT2D eigenvalue weighted by Gasteiger charge is 2.11. The van der Waals surface area contributed by atoms with E-state index in [-0.39, 0.29) is 22.9 Å². The van der Waals surface area contributed by atoms with Crippen LogP contribution < -0.4 is 10.2 Å². The number of hydrogen-bond acceptors (Lipinski definition) is 4. The maximum absolute atomic E-state index is 12.0. The lowest BCUT2D eigenvalue weighted by molar-refractivity contribution is -0.116. The van der Waals surface area contributed by atoms with Crippen molar-refractivity contribution in [3.63, 3.8) is 0 Å². The summed E-state index contributed by atoms with van der Waals surface area (Å²) < 4.78 is 1.39. The number of aromatic carboxylic acids is 1. The molecule has 6 nitrogen and oxygen atoms in total. The number of carbonyl (C=O) groups excluding carboxylic acids is 1. The molecule has 0 spiro atoms. The molecule has 0 aliphatic heterocycles. The largest absolute Gasteiger partial charge is 0.478 e. The van der Waals surface area contributed by atoms with Gasteiger partial charge in [0.05, 0.1) is 5.56 Å². The zero-order chi connectivity index (χ0) is 15.6. The third-order valence-corrected chi connectivity index (χ3v) is 3.91. The first kappa shape index (κ1) is 15.0. The number of carboxylic acids is 1. The van der Waals surface area contributed by atoms with Crippen LogP contribution in [0, 0.1) is 13.8 Å². The normalized spacial score (nSPS) is 10.4. The van der Waals surface area contributed by atoms with Crippen LogP contribution in [-0.2, 0) is 11.3 Å². The second kappa shape index (κ2) is 5.92. The first-order valence-corrected chi connectivity index (χ1v) is 7.05. The number of aromatic nitrogens is 1. The zero-order valence-electron chi connectivity index (χ0n) is 11.5. The zero-order valence-corrected chi connectivity index (χ0v) is 12.4. The van der Waals surface area contributed by atoms with E-state index < -0.39 is 5.97 Å². The second-order valence-corrected chi connectivity index (χ2v) is 5.43. The van der Waals surface area contributed by atoms with Crippen molar-refractivity contribution in [3.8, 4) is 0 Å². The number of nitrogens with zero attached hydrogens (tertiary/aromatic N) is 1. The van der Waals surface area contributed by atoms with Gasteiger partial charge in [0, 0.05) is 16.8 Å². The summed E-state index contributed by atoms with van der Waals surface area (Å²) in [5.74, 6) is -1.35. The maximum atomic E-state index is 12.0. The number of nitrogens with one attached hydrogen (secondary N) is 1. The lowest BCUT2D eigenvalue weighted by atomic mass is 10.1. The quantitative estimate of drug-likeness (QED) is 0.902. The Labute approximate surface area is 124 Å². The number of anilines is 1. The molecule has 0 aliphatic rings. The Hall–Kier alpha value is -2.41. The van der Waals surface area contributed by atoms with E-state index in [1.807, 2.05) is 0 Å². The molecule has 0 saturated carbocycles. The highest BCUT2D eigenvalue weighted by Crippen LogP contribution is 2.16. The number of amides is 1. The maximum Gasteiger partial charge on any atom is 0.335 e. The van der Waals surface area contributed by atoms with E-state index in [1.165, 1.54) is 16.7 Å². The first-order valence-electron chi connectivity index (χ1n) is 6.17. The van der Waals surface area contributed by atoms with Gasteiger partial charge in [-0.2, -0.15) is 0 Å². The van der Waals surface area contributed by atoms with Crippen LogP contribution in [0.1, 0.15) is 21.6 Å². The van der Waals surface area contributed by atoms with E-state index in [9.17, 15) is 14.4 Å². The van der Waals surface area contributed by atoms with E-state index in [0.29, 0.717) is 11.3 Å². The molecule has 2 rings (SSSR count). The number of rotatable bonds is 4. The van der Waals surface area contributed by atoms with Gasteiger partial charge in [0.1, 0.15) is 6.54 Å². The summed E-state index contributed by atoms with van der Waals surface area (Å²) in [4.78, 5) is 34.2. The monoisotopic (exact) mass is 306 g/mol. The Morgan fingerprint density at radius 1 is 1.33 bits per heavy atom. The van der Waals surface area contributed by atoms with Crippen LogP contribution >= 0.6 is 11.3 Å². The summed E-state index contributed by atoms with van der Waals surface area (Å²) in [5, 5.41) is 13.3. The molecule has 21 heavy (non-hydrogen) atoms. The average molecular weight is 306 g/mol. The highest BCUT2D eigenvalue weighted by molar-refractivity contribution is 7.07. The highest BCUT2D eigenvalue weighted by atomic mass is 32.1. The molecule has 0 radical (unpaired) electrons. The third-order valence-electron chi connectivity index (χ3n) is 3.03. The van der Waals surface area contributed by atoms with Gasteiger partial charge in [0.15, 0.2) is 0 Å². The Bertz CT molecular complexity index is 761. The summed E-state index contributed by atoms with van der Waals surface area (Å²) in [6.45, 7) is 3.41. The molecule has 2 aromatic rings. The molecule has 0 aliphatic carbocycles. The van der Waals surface area contributed by atoms with Gasteiger partial charge in [0.25, 0.3) is 0 Å². The van der Waals surface area contributed by atoms with Crippen molar-refractivity contribution in [2.75, 3.05) is 5.32 Å². The van der Waals surface area contributed by atoms with Crippen LogP contribution in [0.3, 0.4) is 0 Å². The average Bonchev–Trinajstić information content (AvgIpc) is 2.72. The molecule has 1 aromatic carbocycles. The fourth-order valence-electron chi connectivity index (χ4n) is 1.87.